The number of hydrogen-bond donors (Lipinski definition) is 1. The normalized spacial score (nSPS) is 10.6. The van der Waals surface area contributed by atoms with Gasteiger partial charge in [0.2, 0.25) is 0 Å². The lowest BCUT2D eigenvalue weighted by Gasteiger charge is -2.03. The number of nitrogens with one attached hydrogen (secondary N) is 1. The summed E-state index contributed by atoms with van der Waals surface area (Å²) in [5.41, 5.74) is 1.29. The number of methoxy groups -OCH3 is 1. The number of benzene rings is 1. The monoisotopic (exact) mass is 319 g/mol. The number of aromatic nitrogens is 2. The van der Waals surface area contributed by atoms with Crippen LogP contribution in [0.15, 0.2) is 36.5 Å². The Labute approximate surface area is 129 Å². The summed E-state index contributed by atoms with van der Waals surface area (Å²) < 4.78 is 5.66. The first-order chi connectivity index (χ1) is 10.2. The smallest absolute Gasteiger partial charge is 0.338 e. The summed E-state index contributed by atoms with van der Waals surface area (Å²) in [5, 5.41) is 4.43. The number of carbonyl (C=O) groups is 1. The van der Waals surface area contributed by atoms with Crippen LogP contribution in [0.2, 0.25) is 5.02 Å². The second-order valence-electron chi connectivity index (χ2n) is 4.18. The Hall–Kier alpha value is -2.18. The molecular weight excluding hydrogens is 310 g/mol. The lowest BCUT2D eigenvalue weighted by atomic mass is 10.2. The van der Waals surface area contributed by atoms with Crippen molar-refractivity contribution in [3.05, 3.63) is 47.1 Å². The Morgan fingerprint density at radius 1 is 1.33 bits per heavy atom. The largest absolute Gasteiger partial charge is 0.465 e. The van der Waals surface area contributed by atoms with Crippen molar-refractivity contribution >= 4 is 50.1 Å². The first-order valence-electron chi connectivity index (χ1n) is 6.03. The maximum atomic E-state index is 11.5. The van der Waals surface area contributed by atoms with Gasteiger partial charge in [-0.1, -0.05) is 22.9 Å². The highest BCUT2D eigenvalue weighted by Crippen LogP contribution is 2.29. The van der Waals surface area contributed by atoms with Crippen molar-refractivity contribution in [2.75, 3.05) is 12.4 Å². The van der Waals surface area contributed by atoms with Crippen molar-refractivity contribution in [1.82, 2.24) is 9.97 Å². The van der Waals surface area contributed by atoms with Crippen molar-refractivity contribution in [3.8, 4) is 0 Å². The molecule has 106 valence electrons. The van der Waals surface area contributed by atoms with Crippen LogP contribution in [0.3, 0.4) is 0 Å². The molecule has 21 heavy (non-hydrogen) atoms. The van der Waals surface area contributed by atoms with Gasteiger partial charge in [0.1, 0.15) is 5.82 Å². The highest BCUT2D eigenvalue weighted by Gasteiger charge is 2.09. The van der Waals surface area contributed by atoms with Gasteiger partial charge in [-0.25, -0.2) is 14.8 Å². The first-order valence-corrected chi connectivity index (χ1v) is 7.22. The molecule has 2 aromatic heterocycles. The van der Waals surface area contributed by atoms with Crippen LogP contribution in [0.4, 0.5) is 10.9 Å². The number of carbonyl (C=O) groups excluding carboxylic acids is 1. The van der Waals surface area contributed by atoms with Crippen LogP contribution < -0.4 is 5.32 Å². The summed E-state index contributed by atoms with van der Waals surface area (Å²) in [5.74, 6) is 0.125. The molecule has 3 rings (SSSR count). The van der Waals surface area contributed by atoms with E-state index in [0.29, 0.717) is 21.5 Å². The number of fused-ring (bicyclic) bond motifs is 1. The molecule has 0 bridgehead atoms. The number of pyridine rings is 1. The van der Waals surface area contributed by atoms with Crippen LogP contribution in [0.25, 0.3) is 10.2 Å². The predicted octanol–water partition coefficient (Wildman–Crippen LogP) is 3.87. The van der Waals surface area contributed by atoms with Gasteiger partial charge in [0.05, 0.1) is 22.9 Å². The topological polar surface area (TPSA) is 64.1 Å². The number of esters is 1. The molecule has 3 aromatic rings. The fourth-order valence-electron chi connectivity index (χ4n) is 1.81. The molecule has 0 fully saturated rings. The Bertz CT molecular complexity index is 819. The average Bonchev–Trinajstić information content (AvgIpc) is 2.88. The van der Waals surface area contributed by atoms with Gasteiger partial charge in [-0.05, 0) is 30.3 Å². The lowest BCUT2D eigenvalue weighted by molar-refractivity contribution is 0.0600. The molecule has 0 saturated heterocycles. The van der Waals surface area contributed by atoms with E-state index in [2.05, 4.69) is 20.0 Å². The summed E-state index contributed by atoms with van der Waals surface area (Å²) >= 11 is 7.42. The summed E-state index contributed by atoms with van der Waals surface area (Å²) in [7, 11) is 1.34. The van der Waals surface area contributed by atoms with Gasteiger partial charge in [-0.2, -0.15) is 0 Å². The highest BCUT2D eigenvalue weighted by atomic mass is 35.5. The van der Waals surface area contributed by atoms with E-state index in [9.17, 15) is 4.79 Å². The molecular formula is C14H10ClN3O2S. The third kappa shape index (κ3) is 2.96. The molecule has 0 atom stereocenters. The van der Waals surface area contributed by atoms with Gasteiger partial charge in [-0.3, -0.25) is 0 Å². The summed E-state index contributed by atoms with van der Waals surface area (Å²) in [6.07, 6.45) is 1.54. The number of nitrogens with zero attached hydrogens (tertiary/aromatic N) is 2. The molecule has 0 amide bonds. The maximum absolute atomic E-state index is 11.5. The molecule has 0 aliphatic carbocycles. The number of ether oxygens (including phenoxy) is 1. The fraction of sp³-hybridized carbons (Fsp3) is 0.0714. The quantitative estimate of drug-likeness (QED) is 0.742. The van der Waals surface area contributed by atoms with Crippen molar-refractivity contribution in [3.63, 3.8) is 0 Å². The van der Waals surface area contributed by atoms with Crippen LogP contribution in [-0.4, -0.2) is 23.0 Å². The van der Waals surface area contributed by atoms with Crippen LogP contribution in [0.5, 0.6) is 0 Å². The summed E-state index contributed by atoms with van der Waals surface area (Å²) in [4.78, 5) is 20.1. The zero-order valence-electron chi connectivity index (χ0n) is 11.0. The maximum Gasteiger partial charge on any atom is 0.338 e. The van der Waals surface area contributed by atoms with Crippen molar-refractivity contribution in [2.45, 2.75) is 0 Å². The standard InChI is InChI=1S/C14H10ClN3O2S/c1-20-13(19)8-4-5-16-12(6-8)18-14-17-10-3-2-9(15)7-11(10)21-14/h2-7H,1H3,(H,16,17,18). The molecule has 0 unspecified atom stereocenters. The van der Waals surface area contributed by atoms with Crippen molar-refractivity contribution < 1.29 is 9.53 Å². The van der Waals surface area contributed by atoms with Crippen molar-refractivity contribution in [2.24, 2.45) is 0 Å². The summed E-state index contributed by atoms with van der Waals surface area (Å²) in [6, 6.07) is 8.72. The Balaban J connectivity index is 1.89. The number of anilines is 2. The van der Waals surface area contributed by atoms with Gasteiger partial charge >= 0.3 is 5.97 Å². The number of rotatable bonds is 3. The molecule has 1 aromatic carbocycles. The second kappa shape index (κ2) is 5.67. The number of halogens is 1. The molecule has 0 spiro atoms. The van der Waals surface area contributed by atoms with E-state index in [-0.39, 0.29) is 0 Å². The van der Waals surface area contributed by atoms with E-state index < -0.39 is 5.97 Å². The lowest BCUT2D eigenvalue weighted by Crippen LogP contribution is -2.02. The van der Waals surface area contributed by atoms with E-state index in [1.165, 1.54) is 18.4 Å². The van der Waals surface area contributed by atoms with Gasteiger partial charge in [0.25, 0.3) is 0 Å². The minimum Gasteiger partial charge on any atom is -0.465 e. The zero-order chi connectivity index (χ0) is 14.8. The minimum atomic E-state index is -0.406. The fourth-order valence-corrected chi connectivity index (χ4v) is 2.95. The van der Waals surface area contributed by atoms with E-state index in [1.54, 1.807) is 24.4 Å². The minimum absolute atomic E-state index is 0.406. The SMILES string of the molecule is COC(=O)c1ccnc(Nc2nc3ccc(Cl)cc3s2)c1. The Kier molecular flexibility index (Phi) is 3.72. The van der Waals surface area contributed by atoms with Crippen molar-refractivity contribution in [1.29, 1.82) is 0 Å². The highest BCUT2D eigenvalue weighted by molar-refractivity contribution is 7.22. The number of hydrogen-bond acceptors (Lipinski definition) is 6. The molecule has 0 radical (unpaired) electrons. The van der Waals surface area contributed by atoms with Crippen LogP contribution in [0.1, 0.15) is 10.4 Å². The van der Waals surface area contributed by atoms with Gasteiger partial charge in [-0.15, -0.1) is 0 Å². The Morgan fingerprint density at radius 3 is 3.00 bits per heavy atom. The molecule has 0 saturated carbocycles. The van der Waals surface area contributed by atoms with E-state index in [0.717, 1.165) is 10.2 Å². The van der Waals surface area contributed by atoms with E-state index in [1.807, 2.05) is 12.1 Å². The third-order valence-electron chi connectivity index (χ3n) is 2.77. The third-order valence-corrected chi connectivity index (χ3v) is 3.94. The van der Waals surface area contributed by atoms with E-state index in [4.69, 9.17) is 11.6 Å². The first kappa shape index (κ1) is 13.8. The van der Waals surface area contributed by atoms with E-state index >= 15 is 0 Å². The molecule has 2 heterocycles. The van der Waals surface area contributed by atoms with Crippen LogP contribution in [-0.2, 0) is 4.74 Å². The van der Waals surface area contributed by atoms with Crippen LogP contribution >= 0.6 is 22.9 Å². The molecule has 0 aliphatic heterocycles. The molecule has 0 aliphatic rings. The predicted molar refractivity (Wildman–Crippen MR) is 83.5 cm³/mol. The van der Waals surface area contributed by atoms with Gasteiger partial charge in [0.15, 0.2) is 5.13 Å². The van der Waals surface area contributed by atoms with Gasteiger partial charge in [0, 0.05) is 11.2 Å². The summed E-state index contributed by atoms with van der Waals surface area (Å²) in [6.45, 7) is 0. The molecule has 7 heteroatoms. The number of thiazole rings is 1. The van der Waals surface area contributed by atoms with Crippen LogP contribution in [0, 0.1) is 0 Å². The Morgan fingerprint density at radius 2 is 2.19 bits per heavy atom. The molecule has 1 N–H and O–H groups in total. The zero-order valence-corrected chi connectivity index (χ0v) is 12.5. The average molecular weight is 320 g/mol. The molecule has 5 nitrogen and oxygen atoms in total. The second-order valence-corrected chi connectivity index (χ2v) is 5.64. The van der Waals surface area contributed by atoms with Gasteiger partial charge < -0.3 is 10.1 Å².